The summed E-state index contributed by atoms with van der Waals surface area (Å²) in [6.07, 6.45) is -0.714. The summed E-state index contributed by atoms with van der Waals surface area (Å²) in [7, 11) is 0. The Labute approximate surface area is 90.0 Å². The summed E-state index contributed by atoms with van der Waals surface area (Å²) in [6, 6.07) is 5.79. The lowest BCUT2D eigenvalue weighted by Gasteiger charge is -2.21. The fourth-order valence-electron chi connectivity index (χ4n) is 0.892. The van der Waals surface area contributed by atoms with E-state index in [1.54, 1.807) is 13.8 Å². The maximum Gasteiger partial charge on any atom is 0.106 e. The Hall–Kier alpha value is -0.370. The maximum absolute atomic E-state index is 9.83. The van der Waals surface area contributed by atoms with Gasteiger partial charge in [-0.3, -0.25) is 0 Å². The fourth-order valence-corrected chi connectivity index (χ4v) is 2.49. The van der Waals surface area contributed by atoms with Crippen molar-refractivity contribution >= 4 is 27.3 Å². The lowest BCUT2D eigenvalue weighted by atomic mass is 9.88. The molecule has 0 amide bonds. The van der Waals surface area contributed by atoms with Crippen LogP contribution in [0.25, 0.3) is 0 Å². The van der Waals surface area contributed by atoms with E-state index >= 15 is 0 Å². The monoisotopic (exact) mass is 259 g/mol. The highest BCUT2D eigenvalue weighted by Gasteiger charge is 2.29. The van der Waals surface area contributed by atoms with Gasteiger partial charge in [0.1, 0.15) is 6.10 Å². The lowest BCUT2D eigenvalue weighted by molar-refractivity contribution is 0.0901. The van der Waals surface area contributed by atoms with Gasteiger partial charge in [-0.1, -0.05) is 0 Å². The maximum atomic E-state index is 9.83. The normalized spacial score (nSPS) is 13.8. The minimum atomic E-state index is -0.732. The molecule has 0 saturated carbocycles. The molecule has 1 rings (SSSR count). The average molecular weight is 260 g/mol. The second-order valence-corrected chi connectivity index (χ2v) is 5.87. The van der Waals surface area contributed by atoms with Crippen molar-refractivity contribution in [1.29, 1.82) is 5.26 Å². The van der Waals surface area contributed by atoms with E-state index in [0.717, 1.165) is 8.66 Å². The first-order valence-corrected chi connectivity index (χ1v) is 5.43. The molecule has 0 aliphatic heterocycles. The highest BCUT2D eigenvalue weighted by atomic mass is 79.9. The standard InChI is InChI=1S/C9H10BrNOS/c1-9(2,5-11)8(12)6-3-4-7(10)13-6/h3-4,8,12H,1-2H3. The van der Waals surface area contributed by atoms with Gasteiger partial charge in [-0.05, 0) is 41.9 Å². The minimum absolute atomic E-state index is 0.714. The van der Waals surface area contributed by atoms with Crippen molar-refractivity contribution < 1.29 is 5.11 Å². The number of hydrogen-bond donors (Lipinski definition) is 1. The number of aliphatic hydroxyl groups is 1. The van der Waals surface area contributed by atoms with Crippen molar-refractivity contribution in [1.82, 2.24) is 0 Å². The van der Waals surface area contributed by atoms with Crippen LogP contribution in [-0.2, 0) is 0 Å². The molecule has 0 aromatic carbocycles. The molecule has 1 N–H and O–H groups in total. The van der Waals surface area contributed by atoms with Gasteiger partial charge in [0.2, 0.25) is 0 Å². The van der Waals surface area contributed by atoms with Crippen LogP contribution in [0.4, 0.5) is 0 Å². The van der Waals surface area contributed by atoms with Crippen LogP contribution in [0.1, 0.15) is 24.8 Å². The Morgan fingerprint density at radius 2 is 2.23 bits per heavy atom. The number of nitriles is 1. The predicted molar refractivity (Wildman–Crippen MR) is 56.4 cm³/mol. The molecular weight excluding hydrogens is 250 g/mol. The molecule has 70 valence electrons. The van der Waals surface area contributed by atoms with Gasteiger partial charge >= 0.3 is 0 Å². The molecule has 0 saturated heterocycles. The van der Waals surface area contributed by atoms with Gasteiger partial charge in [-0.2, -0.15) is 5.26 Å². The van der Waals surface area contributed by atoms with Crippen LogP contribution in [0.3, 0.4) is 0 Å². The highest BCUT2D eigenvalue weighted by Crippen LogP contribution is 2.37. The second kappa shape index (κ2) is 3.79. The Balaban J connectivity index is 2.92. The molecule has 1 unspecified atom stereocenters. The van der Waals surface area contributed by atoms with Crippen LogP contribution in [0.5, 0.6) is 0 Å². The smallest absolute Gasteiger partial charge is 0.106 e. The molecule has 2 nitrogen and oxygen atoms in total. The number of hydrogen-bond acceptors (Lipinski definition) is 3. The van der Waals surface area contributed by atoms with Crippen LogP contribution in [0.15, 0.2) is 15.9 Å². The third-order valence-electron chi connectivity index (χ3n) is 1.84. The third kappa shape index (κ3) is 2.31. The molecule has 1 atom stereocenters. The van der Waals surface area contributed by atoms with E-state index in [4.69, 9.17) is 5.26 Å². The van der Waals surface area contributed by atoms with Gasteiger partial charge in [0.15, 0.2) is 0 Å². The number of thiophene rings is 1. The zero-order chi connectivity index (χ0) is 10.1. The highest BCUT2D eigenvalue weighted by molar-refractivity contribution is 9.11. The number of rotatable bonds is 2. The average Bonchev–Trinajstić information content (AvgIpc) is 2.50. The van der Waals surface area contributed by atoms with Gasteiger partial charge in [-0.15, -0.1) is 11.3 Å². The molecule has 0 aliphatic carbocycles. The zero-order valence-electron chi connectivity index (χ0n) is 7.41. The van der Waals surface area contributed by atoms with E-state index in [2.05, 4.69) is 22.0 Å². The Morgan fingerprint density at radius 1 is 1.62 bits per heavy atom. The minimum Gasteiger partial charge on any atom is -0.386 e. The molecule has 0 aliphatic rings. The third-order valence-corrected chi connectivity index (χ3v) is 3.51. The summed E-state index contributed by atoms with van der Waals surface area (Å²) in [5.41, 5.74) is -0.732. The van der Waals surface area contributed by atoms with E-state index in [1.165, 1.54) is 11.3 Å². The van der Waals surface area contributed by atoms with Crippen molar-refractivity contribution in [3.05, 3.63) is 20.8 Å². The molecule has 0 fully saturated rings. The Kier molecular flexibility index (Phi) is 3.12. The van der Waals surface area contributed by atoms with Crippen molar-refractivity contribution in [2.75, 3.05) is 0 Å². The van der Waals surface area contributed by atoms with E-state index < -0.39 is 11.5 Å². The van der Waals surface area contributed by atoms with E-state index in [1.807, 2.05) is 12.1 Å². The topological polar surface area (TPSA) is 44.0 Å². The largest absolute Gasteiger partial charge is 0.386 e. The molecule has 1 heterocycles. The van der Waals surface area contributed by atoms with Crippen molar-refractivity contribution in [3.63, 3.8) is 0 Å². The van der Waals surface area contributed by atoms with Gasteiger partial charge in [0, 0.05) is 4.88 Å². The molecule has 1 aromatic heterocycles. The molecule has 0 spiro atoms. The zero-order valence-corrected chi connectivity index (χ0v) is 9.82. The van der Waals surface area contributed by atoms with Crippen molar-refractivity contribution in [3.8, 4) is 6.07 Å². The Bertz CT molecular complexity index is 340. The first-order chi connectivity index (χ1) is 5.97. The van der Waals surface area contributed by atoms with Crippen molar-refractivity contribution in [2.24, 2.45) is 5.41 Å². The fraction of sp³-hybridized carbons (Fsp3) is 0.444. The van der Waals surface area contributed by atoms with E-state index in [9.17, 15) is 5.11 Å². The van der Waals surface area contributed by atoms with Crippen LogP contribution >= 0.6 is 27.3 Å². The number of halogens is 1. The first kappa shape index (κ1) is 10.7. The summed E-state index contributed by atoms with van der Waals surface area (Å²) < 4.78 is 0.968. The van der Waals surface area contributed by atoms with E-state index in [0.29, 0.717) is 0 Å². The lowest BCUT2D eigenvalue weighted by Crippen LogP contribution is -2.18. The van der Waals surface area contributed by atoms with Gasteiger partial charge in [0.25, 0.3) is 0 Å². The summed E-state index contributed by atoms with van der Waals surface area (Å²) in [6.45, 7) is 3.45. The first-order valence-electron chi connectivity index (χ1n) is 3.82. The second-order valence-electron chi connectivity index (χ2n) is 3.38. The Morgan fingerprint density at radius 3 is 2.62 bits per heavy atom. The summed E-state index contributed by atoms with van der Waals surface area (Å²) in [5, 5.41) is 18.6. The summed E-state index contributed by atoms with van der Waals surface area (Å²) in [5.74, 6) is 0. The summed E-state index contributed by atoms with van der Waals surface area (Å²) in [4.78, 5) is 0.818. The SMILES string of the molecule is CC(C)(C#N)C(O)c1ccc(Br)s1. The van der Waals surface area contributed by atoms with Crippen LogP contribution in [0.2, 0.25) is 0 Å². The van der Waals surface area contributed by atoms with Gasteiger partial charge in [-0.25, -0.2) is 0 Å². The predicted octanol–water partition coefficient (Wildman–Crippen LogP) is 3.09. The van der Waals surface area contributed by atoms with Gasteiger partial charge < -0.3 is 5.11 Å². The number of nitrogens with zero attached hydrogens (tertiary/aromatic N) is 1. The molecular formula is C9H10BrNOS. The summed E-state index contributed by atoms with van der Waals surface area (Å²) >= 11 is 4.77. The van der Waals surface area contributed by atoms with Crippen molar-refractivity contribution in [2.45, 2.75) is 20.0 Å². The molecule has 1 aromatic rings. The molecule has 4 heteroatoms. The van der Waals surface area contributed by atoms with Crippen LogP contribution in [-0.4, -0.2) is 5.11 Å². The van der Waals surface area contributed by atoms with Crippen LogP contribution in [0, 0.1) is 16.7 Å². The van der Waals surface area contributed by atoms with Crippen LogP contribution < -0.4 is 0 Å². The van der Waals surface area contributed by atoms with Gasteiger partial charge in [0.05, 0.1) is 15.3 Å². The number of aliphatic hydroxyl groups excluding tert-OH is 1. The van der Waals surface area contributed by atoms with E-state index in [-0.39, 0.29) is 0 Å². The molecule has 0 bridgehead atoms. The quantitative estimate of drug-likeness (QED) is 0.887. The molecule has 13 heavy (non-hydrogen) atoms. The molecule has 0 radical (unpaired) electrons.